The molecule has 0 spiro atoms. The molecule has 3 rings (SSSR count). The zero-order valence-electron chi connectivity index (χ0n) is 9.94. The highest BCUT2D eigenvalue weighted by Crippen LogP contribution is 2.37. The maximum atomic E-state index is 12.6. The number of thiazole rings is 1. The fraction of sp³-hybridized carbons (Fsp3) is 0.308. The molecular formula is C13H11F3N2S. The van der Waals surface area contributed by atoms with Crippen LogP contribution in [0, 0.1) is 0 Å². The monoisotopic (exact) mass is 284 g/mol. The SMILES string of the molecule is FC(F)(F)c1cnc(N2CCc3ccccc3C2)s1. The minimum Gasteiger partial charge on any atom is -0.343 e. The van der Waals surface area contributed by atoms with Gasteiger partial charge in [0.2, 0.25) is 0 Å². The number of nitrogens with zero attached hydrogens (tertiary/aromatic N) is 2. The number of rotatable bonds is 1. The summed E-state index contributed by atoms with van der Waals surface area (Å²) in [6.45, 7) is 1.34. The molecule has 1 aromatic heterocycles. The van der Waals surface area contributed by atoms with Crippen molar-refractivity contribution in [2.75, 3.05) is 11.4 Å². The second kappa shape index (κ2) is 4.52. The van der Waals surface area contributed by atoms with Crippen molar-refractivity contribution in [3.05, 3.63) is 46.5 Å². The summed E-state index contributed by atoms with van der Waals surface area (Å²) in [6.07, 6.45) is -2.54. The molecule has 0 saturated carbocycles. The van der Waals surface area contributed by atoms with E-state index in [1.54, 1.807) is 0 Å². The van der Waals surface area contributed by atoms with Crippen molar-refractivity contribution in [3.63, 3.8) is 0 Å². The molecule has 0 radical (unpaired) electrons. The predicted octanol–water partition coefficient (Wildman–Crippen LogP) is 3.72. The van der Waals surface area contributed by atoms with Crippen LogP contribution < -0.4 is 4.90 Å². The number of aromatic nitrogens is 1. The number of hydrogen-bond donors (Lipinski definition) is 0. The van der Waals surface area contributed by atoms with Gasteiger partial charge in [-0.1, -0.05) is 35.6 Å². The average Bonchev–Trinajstić information content (AvgIpc) is 2.87. The molecule has 0 unspecified atom stereocenters. The van der Waals surface area contributed by atoms with Gasteiger partial charge in [0.15, 0.2) is 5.13 Å². The van der Waals surface area contributed by atoms with Gasteiger partial charge in [-0.05, 0) is 17.5 Å². The van der Waals surface area contributed by atoms with Crippen LogP contribution in [-0.2, 0) is 19.1 Å². The maximum absolute atomic E-state index is 12.6. The molecule has 2 heterocycles. The average molecular weight is 284 g/mol. The first-order chi connectivity index (χ1) is 9.04. The number of alkyl halides is 3. The first kappa shape index (κ1) is 12.5. The molecule has 0 bridgehead atoms. The van der Waals surface area contributed by atoms with Gasteiger partial charge in [-0.3, -0.25) is 0 Å². The Kier molecular flexibility index (Phi) is 2.97. The van der Waals surface area contributed by atoms with Gasteiger partial charge in [-0.2, -0.15) is 13.2 Å². The molecule has 100 valence electrons. The lowest BCUT2D eigenvalue weighted by Gasteiger charge is -2.28. The first-order valence-corrected chi connectivity index (χ1v) is 6.70. The molecule has 6 heteroatoms. The lowest BCUT2D eigenvalue weighted by molar-refractivity contribution is -0.134. The summed E-state index contributed by atoms with van der Waals surface area (Å²) in [5.41, 5.74) is 2.43. The van der Waals surface area contributed by atoms with Crippen LogP contribution in [0.25, 0.3) is 0 Å². The predicted molar refractivity (Wildman–Crippen MR) is 68.3 cm³/mol. The standard InChI is InChI=1S/C13H11F3N2S/c14-13(15,16)11-7-17-12(19-11)18-6-5-9-3-1-2-4-10(9)8-18/h1-4,7H,5-6,8H2. The number of hydrogen-bond acceptors (Lipinski definition) is 3. The molecule has 2 aromatic rings. The van der Waals surface area contributed by atoms with Crippen molar-refractivity contribution in [2.45, 2.75) is 19.1 Å². The zero-order chi connectivity index (χ0) is 13.5. The third kappa shape index (κ3) is 2.45. The van der Waals surface area contributed by atoms with Gasteiger partial charge in [0.1, 0.15) is 4.88 Å². The van der Waals surface area contributed by atoms with Gasteiger partial charge in [-0.15, -0.1) is 0 Å². The van der Waals surface area contributed by atoms with Crippen LogP contribution >= 0.6 is 11.3 Å². The van der Waals surface area contributed by atoms with E-state index in [1.165, 1.54) is 5.56 Å². The number of fused-ring (bicyclic) bond motifs is 1. The van der Waals surface area contributed by atoms with Crippen molar-refractivity contribution >= 4 is 16.5 Å². The third-order valence-electron chi connectivity index (χ3n) is 3.17. The molecule has 2 nitrogen and oxygen atoms in total. The van der Waals surface area contributed by atoms with E-state index < -0.39 is 11.1 Å². The van der Waals surface area contributed by atoms with Gasteiger partial charge in [0.05, 0.1) is 6.20 Å². The van der Waals surface area contributed by atoms with Gasteiger partial charge in [-0.25, -0.2) is 4.98 Å². The molecule has 0 amide bonds. The fourth-order valence-corrected chi connectivity index (χ4v) is 3.01. The van der Waals surface area contributed by atoms with Crippen molar-refractivity contribution in [2.24, 2.45) is 0 Å². The van der Waals surface area contributed by atoms with Gasteiger partial charge >= 0.3 is 6.18 Å². The molecule has 1 aromatic carbocycles. The van der Waals surface area contributed by atoms with Crippen LogP contribution in [-0.4, -0.2) is 11.5 Å². The minimum absolute atomic E-state index is 0.446. The van der Waals surface area contributed by atoms with Gasteiger partial charge in [0, 0.05) is 13.1 Å². The normalized spacial score (nSPS) is 15.4. The van der Waals surface area contributed by atoms with E-state index in [0.717, 1.165) is 18.2 Å². The molecular weight excluding hydrogens is 273 g/mol. The number of halogens is 3. The molecule has 1 aliphatic heterocycles. The largest absolute Gasteiger partial charge is 0.427 e. The summed E-state index contributed by atoms with van der Waals surface area (Å²) in [4.78, 5) is 5.17. The smallest absolute Gasteiger partial charge is 0.343 e. The summed E-state index contributed by atoms with van der Waals surface area (Å²) in [6, 6.07) is 8.01. The molecule has 19 heavy (non-hydrogen) atoms. The molecule has 0 atom stereocenters. The molecule has 0 aliphatic carbocycles. The lowest BCUT2D eigenvalue weighted by Crippen LogP contribution is -2.30. The van der Waals surface area contributed by atoms with E-state index in [0.29, 0.717) is 29.6 Å². The highest BCUT2D eigenvalue weighted by Gasteiger charge is 2.34. The second-order valence-electron chi connectivity index (χ2n) is 4.45. The van der Waals surface area contributed by atoms with Crippen LogP contribution in [0.5, 0.6) is 0 Å². The quantitative estimate of drug-likeness (QED) is 0.793. The number of benzene rings is 1. The summed E-state index contributed by atoms with van der Waals surface area (Å²) < 4.78 is 37.7. The van der Waals surface area contributed by atoms with Crippen LogP contribution in [0.1, 0.15) is 16.0 Å². The van der Waals surface area contributed by atoms with E-state index >= 15 is 0 Å². The molecule has 0 N–H and O–H groups in total. The van der Waals surface area contributed by atoms with Crippen molar-refractivity contribution < 1.29 is 13.2 Å². The molecule has 1 aliphatic rings. The number of anilines is 1. The van der Waals surface area contributed by atoms with Crippen molar-refractivity contribution in [1.29, 1.82) is 0 Å². The van der Waals surface area contributed by atoms with Crippen LogP contribution in [0.4, 0.5) is 18.3 Å². The first-order valence-electron chi connectivity index (χ1n) is 5.89. The minimum atomic E-state index is -4.30. The summed E-state index contributed by atoms with van der Waals surface area (Å²) in [7, 11) is 0. The highest BCUT2D eigenvalue weighted by atomic mass is 32.1. The van der Waals surface area contributed by atoms with E-state index in [-0.39, 0.29) is 0 Å². The summed E-state index contributed by atoms with van der Waals surface area (Å²) in [5, 5.41) is 0.446. The Balaban J connectivity index is 1.83. The Morgan fingerprint density at radius 2 is 1.89 bits per heavy atom. The Morgan fingerprint density at radius 3 is 2.58 bits per heavy atom. The molecule has 0 saturated heterocycles. The van der Waals surface area contributed by atoms with E-state index in [1.807, 2.05) is 23.1 Å². The van der Waals surface area contributed by atoms with Crippen LogP contribution in [0.3, 0.4) is 0 Å². The van der Waals surface area contributed by atoms with E-state index in [4.69, 9.17) is 0 Å². The van der Waals surface area contributed by atoms with E-state index in [9.17, 15) is 13.2 Å². The summed E-state index contributed by atoms with van der Waals surface area (Å²) >= 11 is 0.711. The third-order valence-corrected chi connectivity index (χ3v) is 4.28. The lowest BCUT2D eigenvalue weighted by atomic mass is 10.0. The van der Waals surface area contributed by atoms with E-state index in [2.05, 4.69) is 11.1 Å². The van der Waals surface area contributed by atoms with Crippen molar-refractivity contribution in [1.82, 2.24) is 4.98 Å². The van der Waals surface area contributed by atoms with Crippen LogP contribution in [0.15, 0.2) is 30.5 Å². The Bertz CT molecular complexity index is 592. The van der Waals surface area contributed by atoms with Crippen molar-refractivity contribution in [3.8, 4) is 0 Å². The van der Waals surface area contributed by atoms with Gasteiger partial charge < -0.3 is 4.90 Å². The maximum Gasteiger partial charge on any atom is 0.427 e. The van der Waals surface area contributed by atoms with Crippen LogP contribution in [0.2, 0.25) is 0 Å². The fourth-order valence-electron chi connectivity index (χ4n) is 2.20. The Labute approximate surface area is 112 Å². The topological polar surface area (TPSA) is 16.1 Å². The summed E-state index contributed by atoms with van der Waals surface area (Å²) in [5.74, 6) is 0. The second-order valence-corrected chi connectivity index (χ2v) is 5.45. The molecule has 0 fully saturated rings. The van der Waals surface area contributed by atoms with Gasteiger partial charge in [0.25, 0.3) is 0 Å². The Hall–Kier alpha value is -1.56. The highest BCUT2D eigenvalue weighted by molar-refractivity contribution is 7.15. The Morgan fingerprint density at radius 1 is 1.16 bits per heavy atom. The zero-order valence-corrected chi connectivity index (χ0v) is 10.8.